The van der Waals surface area contributed by atoms with Gasteiger partial charge in [-0.1, -0.05) is 0 Å². The number of fused-ring (bicyclic) bond motifs is 3. The normalized spacial score (nSPS) is 17.2. The van der Waals surface area contributed by atoms with E-state index in [0.717, 1.165) is 36.6 Å². The molecule has 37 heavy (non-hydrogen) atoms. The molecule has 11 heteroatoms. The van der Waals surface area contributed by atoms with Crippen molar-refractivity contribution in [3.05, 3.63) is 71.2 Å². The van der Waals surface area contributed by atoms with E-state index in [1.165, 1.54) is 24.8 Å². The number of aromatic nitrogens is 2. The van der Waals surface area contributed by atoms with Crippen molar-refractivity contribution >= 4 is 28.6 Å². The summed E-state index contributed by atoms with van der Waals surface area (Å²) in [6.07, 6.45) is 8.72. The molecule has 10 nitrogen and oxygen atoms in total. The fourth-order valence-electron chi connectivity index (χ4n) is 5.01. The Morgan fingerprint density at radius 2 is 2.14 bits per heavy atom. The standard InChI is InChI=1S/C26H31FN8O2/c1-15-5-19(27)18(26(36)29-2)7-20(15)30-9-21(32-28)22-10-31-25-8-24(37-4)23(14-35(22)25)34-12-16-6-17(13-34)33(3)11-16/h5,7-11,14,17,30,32H,6,12-13,28H2,1-4H3,(H,29,36)/b21-9-. The highest BCUT2D eigenvalue weighted by molar-refractivity contribution is 5.95. The summed E-state index contributed by atoms with van der Waals surface area (Å²) in [6.45, 7) is 3.48. The number of nitrogens with zero attached hydrogens (tertiary/aromatic N) is 4. The number of carbonyl (C=O) groups is 1. The Bertz CT molecular complexity index is 1430. The Morgan fingerprint density at radius 3 is 2.84 bits per heavy atom. The van der Waals surface area contributed by atoms with Gasteiger partial charge in [-0.05, 0) is 36.6 Å². The SMILES string of the molecule is CNC(=O)c1cc(N/C=C(\NN)c2cnc3cc(OC)c(N4CC5=CN(C)C(C5)C4)cn23)c(C)cc1F. The lowest BCUT2D eigenvalue weighted by molar-refractivity contribution is 0.0959. The molecule has 2 aliphatic heterocycles. The van der Waals surface area contributed by atoms with Crippen molar-refractivity contribution in [2.45, 2.75) is 19.4 Å². The number of methoxy groups -OCH3 is 1. The van der Waals surface area contributed by atoms with E-state index in [1.807, 2.05) is 16.7 Å². The van der Waals surface area contributed by atoms with Crippen molar-refractivity contribution in [2.24, 2.45) is 5.84 Å². The van der Waals surface area contributed by atoms with Gasteiger partial charge in [0.15, 0.2) is 0 Å². The Kier molecular flexibility index (Phi) is 6.38. The van der Waals surface area contributed by atoms with Gasteiger partial charge in [0.25, 0.3) is 5.91 Å². The molecule has 0 radical (unpaired) electrons. The van der Waals surface area contributed by atoms with Crippen LogP contribution in [0.2, 0.25) is 0 Å². The largest absolute Gasteiger partial charge is 0.494 e. The second kappa shape index (κ2) is 9.66. The fourth-order valence-corrected chi connectivity index (χ4v) is 5.01. The number of anilines is 2. The zero-order chi connectivity index (χ0) is 26.3. The number of benzene rings is 1. The third-order valence-electron chi connectivity index (χ3n) is 7.02. The first kappa shape index (κ1) is 24.4. The van der Waals surface area contributed by atoms with E-state index in [4.69, 9.17) is 10.6 Å². The highest BCUT2D eigenvalue weighted by Crippen LogP contribution is 2.36. The summed E-state index contributed by atoms with van der Waals surface area (Å²) in [4.78, 5) is 21.2. The summed E-state index contributed by atoms with van der Waals surface area (Å²) >= 11 is 0. The van der Waals surface area contributed by atoms with Crippen LogP contribution >= 0.6 is 0 Å². The molecule has 5 N–H and O–H groups in total. The third-order valence-corrected chi connectivity index (χ3v) is 7.02. The molecule has 4 heterocycles. The van der Waals surface area contributed by atoms with Crippen LogP contribution in [0.3, 0.4) is 0 Å². The Labute approximate surface area is 214 Å². The first-order chi connectivity index (χ1) is 17.8. The van der Waals surface area contributed by atoms with Gasteiger partial charge in [-0.3, -0.25) is 15.0 Å². The van der Waals surface area contributed by atoms with Crippen molar-refractivity contribution in [3.63, 3.8) is 0 Å². The van der Waals surface area contributed by atoms with Crippen molar-refractivity contribution in [2.75, 3.05) is 44.5 Å². The average molecular weight is 507 g/mol. The van der Waals surface area contributed by atoms with Gasteiger partial charge in [-0.2, -0.15) is 0 Å². The second-order valence-electron chi connectivity index (χ2n) is 9.36. The molecule has 1 amide bonds. The summed E-state index contributed by atoms with van der Waals surface area (Å²) in [5, 5.41) is 5.60. The number of imidazole rings is 1. The lowest BCUT2D eigenvalue weighted by atomic mass is 10.0. The van der Waals surface area contributed by atoms with Gasteiger partial charge in [0.1, 0.15) is 17.2 Å². The van der Waals surface area contributed by atoms with Crippen LogP contribution in [0.1, 0.15) is 28.0 Å². The average Bonchev–Trinajstić information content (AvgIpc) is 3.42. The van der Waals surface area contributed by atoms with Gasteiger partial charge in [0, 0.05) is 63.6 Å². The number of nitrogens with two attached hydrogens (primary N) is 1. The summed E-state index contributed by atoms with van der Waals surface area (Å²) in [7, 11) is 5.24. The predicted molar refractivity (Wildman–Crippen MR) is 142 cm³/mol. The second-order valence-corrected chi connectivity index (χ2v) is 9.36. The number of nitrogens with one attached hydrogen (secondary N) is 3. The van der Waals surface area contributed by atoms with Gasteiger partial charge in [-0.25, -0.2) is 9.37 Å². The van der Waals surface area contributed by atoms with Gasteiger partial charge in [0.2, 0.25) is 0 Å². The molecule has 0 aliphatic carbocycles. The van der Waals surface area contributed by atoms with E-state index in [9.17, 15) is 9.18 Å². The number of ether oxygens (including phenoxy) is 1. The molecule has 5 rings (SSSR count). The number of likely N-dealkylation sites (N-methyl/N-ethyl adjacent to an activating group) is 1. The number of pyridine rings is 1. The molecule has 1 aromatic carbocycles. The highest BCUT2D eigenvalue weighted by Gasteiger charge is 2.32. The van der Waals surface area contributed by atoms with Crippen LogP contribution < -0.4 is 31.5 Å². The predicted octanol–water partition coefficient (Wildman–Crippen LogP) is 2.43. The van der Waals surface area contributed by atoms with Gasteiger partial charge >= 0.3 is 0 Å². The van der Waals surface area contributed by atoms with Gasteiger partial charge < -0.3 is 30.6 Å². The van der Waals surface area contributed by atoms with E-state index >= 15 is 0 Å². The molecule has 0 saturated carbocycles. The quantitative estimate of drug-likeness (QED) is 0.286. The van der Waals surface area contributed by atoms with Crippen LogP contribution in [0.4, 0.5) is 15.8 Å². The summed E-state index contributed by atoms with van der Waals surface area (Å²) in [5.74, 6) is 5.57. The molecule has 0 spiro atoms. The van der Waals surface area contributed by atoms with Crippen molar-refractivity contribution in [3.8, 4) is 5.75 Å². The van der Waals surface area contributed by atoms with Crippen LogP contribution in [0.25, 0.3) is 11.3 Å². The number of hydrazine groups is 1. The van der Waals surface area contributed by atoms with E-state index in [1.54, 1.807) is 26.4 Å². The van der Waals surface area contributed by atoms with Gasteiger partial charge in [-0.15, -0.1) is 0 Å². The number of hydrogen-bond donors (Lipinski definition) is 4. The minimum absolute atomic E-state index is 0.0472. The van der Waals surface area contributed by atoms with Crippen LogP contribution in [0, 0.1) is 12.7 Å². The summed E-state index contributed by atoms with van der Waals surface area (Å²) < 4.78 is 22.0. The molecule has 2 bridgehead atoms. The van der Waals surface area contributed by atoms with Crippen molar-refractivity contribution in [1.29, 1.82) is 0 Å². The van der Waals surface area contributed by atoms with Gasteiger partial charge in [0.05, 0.1) is 35.9 Å². The number of carbonyl (C=O) groups excluding carboxylic acids is 1. The minimum atomic E-state index is -0.583. The molecule has 1 atom stereocenters. The summed E-state index contributed by atoms with van der Waals surface area (Å²) in [6, 6.07) is 5.15. The zero-order valence-electron chi connectivity index (χ0n) is 21.3. The lowest BCUT2D eigenvalue weighted by Gasteiger charge is -2.34. The molecule has 2 aromatic heterocycles. The molecule has 1 fully saturated rings. The first-order valence-electron chi connectivity index (χ1n) is 12.0. The monoisotopic (exact) mass is 506 g/mol. The number of piperidine rings is 1. The number of rotatable bonds is 7. The molecule has 1 saturated heterocycles. The number of halogens is 1. The van der Waals surface area contributed by atoms with Crippen LogP contribution in [0.5, 0.6) is 5.75 Å². The maximum absolute atomic E-state index is 14.3. The van der Waals surface area contributed by atoms with Crippen LogP contribution in [-0.4, -0.2) is 60.5 Å². The molecule has 1 unspecified atom stereocenters. The van der Waals surface area contributed by atoms with Crippen LogP contribution in [0.15, 0.2) is 48.6 Å². The molecule has 2 aliphatic rings. The topological polar surface area (TPSA) is 112 Å². The lowest BCUT2D eigenvalue weighted by Crippen LogP contribution is -2.41. The maximum atomic E-state index is 14.3. The van der Waals surface area contributed by atoms with Crippen LogP contribution in [-0.2, 0) is 0 Å². The van der Waals surface area contributed by atoms with Crippen molar-refractivity contribution in [1.82, 2.24) is 25.0 Å². The first-order valence-corrected chi connectivity index (χ1v) is 12.0. The minimum Gasteiger partial charge on any atom is -0.494 e. The molecule has 3 aromatic rings. The molecular formula is C26H31FN8O2. The molecule has 194 valence electrons. The smallest absolute Gasteiger partial charge is 0.254 e. The van der Waals surface area contributed by atoms with E-state index < -0.39 is 11.7 Å². The number of hydrogen-bond acceptors (Lipinski definition) is 8. The van der Waals surface area contributed by atoms with E-state index in [0.29, 0.717) is 28.6 Å². The highest BCUT2D eigenvalue weighted by atomic mass is 19.1. The summed E-state index contributed by atoms with van der Waals surface area (Å²) in [5.41, 5.74) is 8.23. The Hall–Kier alpha value is -4.25. The zero-order valence-corrected chi connectivity index (χ0v) is 21.3. The Balaban J connectivity index is 1.50. The number of aryl methyl sites for hydroxylation is 1. The van der Waals surface area contributed by atoms with Crippen molar-refractivity contribution < 1.29 is 13.9 Å². The number of amides is 1. The molecular weight excluding hydrogens is 475 g/mol. The van der Waals surface area contributed by atoms with E-state index in [2.05, 4.69) is 44.1 Å². The Morgan fingerprint density at radius 1 is 1.32 bits per heavy atom. The fraction of sp³-hybridized carbons (Fsp3) is 0.308. The maximum Gasteiger partial charge on any atom is 0.254 e. The van der Waals surface area contributed by atoms with E-state index in [-0.39, 0.29) is 5.56 Å². The third kappa shape index (κ3) is 4.42.